The summed E-state index contributed by atoms with van der Waals surface area (Å²) in [6.45, 7) is 3.64. The third-order valence-corrected chi connectivity index (χ3v) is 6.98. The van der Waals surface area contributed by atoms with E-state index in [-0.39, 0.29) is 5.88 Å². The molecule has 0 fully saturated rings. The van der Waals surface area contributed by atoms with Gasteiger partial charge in [-0.3, -0.25) is 8.89 Å². The van der Waals surface area contributed by atoms with Crippen molar-refractivity contribution in [3.8, 4) is 23.1 Å². The number of H-pyrrole nitrogens is 1. The maximum Gasteiger partial charge on any atom is 0.241 e. The molecule has 0 aliphatic carbocycles. The highest BCUT2D eigenvalue weighted by Gasteiger charge is 2.24. The molecule has 2 aromatic carbocycles. The normalized spacial score (nSPS) is 15.2. The number of hydrogen-bond donors (Lipinski definition) is 3. The molecule has 7 nitrogen and oxygen atoms in total. The van der Waals surface area contributed by atoms with Crippen molar-refractivity contribution >= 4 is 27.9 Å². The second kappa shape index (κ2) is 8.96. The molecule has 34 heavy (non-hydrogen) atoms. The first-order valence-electron chi connectivity index (χ1n) is 11.1. The minimum Gasteiger partial charge on any atom is -0.492 e. The molecule has 8 heteroatoms. The summed E-state index contributed by atoms with van der Waals surface area (Å²) in [7, 11) is 0.871. The van der Waals surface area contributed by atoms with Crippen molar-refractivity contribution in [1.29, 1.82) is 0 Å². The molecule has 1 aliphatic heterocycles. The van der Waals surface area contributed by atoms with E-state index in [1.807, 2.05) is 73.3 Å². The predicted octanol–water partition coefficient (Wildman–Crippen LogP) is 4.52. The Balaban J connectivity index is 1.38. The Morgan fingerprint density at radius 1 is 1.18 bits per heavy atom. The molecule has 3 heterocycles. The fourth-order valence-electron chi connectivity index (χ4n) is 4.31. The third-order valence-electron chi connectivity index (χ3n) is 6.04. The van der Waals surface area contributed by atoms with Crippen LogP contribution in [0.2, 0.25) is 0 Å². The van der Waals surface area contributed by atoms with Crippen molar-refractivity contribution < 1.29 is 9.32 Å². The maximum atomic E-state index is 11.7. The number of aromatic nitrogens is 4. The minimum absolute atomic E-state index is 0.156. The highest BCUT2D eigenvalue weighted by Crippen LogP contribution is 2.35. The van der Waals surface area contributed by atoms with Gasteiger partial charge in [-0.25, -0.2) is 9.67 Å². The molecule has 4 aromatic rings. The fourth-order valence-corrected chi connectivity index (χ4v) is 4.91. The molecule has 1 aliphatic rings. The van der Waals surface area contributed by atoms with E-state index >= 15 is 0 Å². The Morgan fingerprint density at radius 3 is 2.59 bits per heavy atom. The standard InChI is InChI=1S/C26H27N5O2S/c1-4-6-21(34(3)33)8-5-7-17-9-11-20(12-10-17)31-26(32)24(30(31)2)25-28-22-13-18-15-27-16-19(18)14-23(22)29-25/h4-14,27,32H,15-16H2,1-3H3,(H,28,29)/b6-4-,7-5+,21-8+. The summed E-state index contributed by atoms with van der Waals surface area (Å²) in [6.07, 6.45) is 11.1. The summed E-state index contributed by atoms with van der Waals surface area (Å²) in [5, 5.41) is 14.2. The molecular weight excluding hydrogens is 446 g/mol. The van der Waals surface area contributed by atoms with E-state index in [2.05, 4.69) is 22.4 Å². The molecule has 0 radical (unpaired) electrons. The number of aromatic amines is 1. The van der Waals surface area contributed by atoms with Gasteiger partial charge < -0.3 is 15.4 Å². The Labute approximate surface area is 200 Å². The number of benzene rings is 2. The summed E-state index contributed by atoms with van der Waals surface area (Å²) in [5.41, 5.74) is 6.95. The van der Waals surface area contributed by atoms with Crippen LogP contribution in [0.4, 0.5) is 0 Å². The fraction of sp³-hybridized carbons (Fsp3) is 0.192. The highest BCUT2D eigenvalue weighted by atomic mass is 32.2. The monoisotopic (exact) mass is 473 g/mol. The molecule has 3 N–H and O–H groups in total. The number of aromatic hydroxyl groups is 1. The van der Waals surface area contributed by atoms with E-state index in [9.17, 15) is 9.32 Å². The summed E-state index contributed by atoms with van der Waals surface area (Å²) in [5.74, 6) is 0.808. The lowest BCUT2D eigenvalue weighted by molar-refractivity contribution is 0.372. The van der Waals surface area contributed by atoms with Crippen LogP contribution in [0.5, 0.6) is 5.88 Å². The molecule has 1 unspecified atom stereocenters. The van der Waals surface area contributed by atoms with Gasteiger partial charge >= 0.3 is 0 Å². The molecule has 174 valence electrons. The average molecular weight is 474 g/mol. The number of imidazole rings is 1. The summed E-state index contributed by atoms with van der Waals surface area (Å²) >= 11 is 0. The zero-order chi connectivity index (χ0) is 23.8. The zero-order valence-electron chi connectivity index (χ0n) is 19.4. The van der Waals surface area contributed by atoms with Crippen LogP contribution in [-0.2, 0) is 30.9 Å². The molecule has 1 atom stereocenters. The Kier molecular flexibility index (Phi) is 5.85. The van der Waals surface area contributed by atoms with Gasteiger partial charge in [-0.1, -0.05) is 36.4 Å². The van der Waals surface area contributed by atoms with Gasteiger partial charge in [0.25, 0.3) is 0 Å². The third kappa shape index (κ3) is 3.95. The largest absolute Gasteiger partial charge is 0.492 e. The number of nitrogens with one attached hydrogen (secondary N) is 2. The number of nitrogens with zero attached hydrogens (tertiary/aromatic N) is 3. The van der Waals surface area contributed by atoms with Crippen LogP contribution in [0.1, 0.15) is 23.6 Å². The molecule has 0 saturated heterocycles. The van der Waals surface area contributed by atoms with Gasteiger partial charge in [0.1, 0.15) is 0 Å². The van der Waals surface area contributed by atoms with E-state index < -0.39 is 10.8 Å². The van der Waals surface area contributed by atoms with Gasteiger partial charge in [0.05, 0.1) is 16.7 Å². The van der Waals surface area contributed by atoms with Gasteiger partial charge in [0.2, 0.25) is 5.88 Å². The van der Waals surface area contributed by atoms with E-state index in [1.165, 1.54) is 11.1 Å². The average Bonchev–Trinajstić information content (AvgIpc) is 3.43. The maximum absolute atomic E-state index is 11.7. The van der Waals surface area contributed by atoms with Gasteiger partial charge in [0, 0.05) is 42.1 Å². The van der Waals surface area contributed by atoms with Crippen LogP contribution in [0.3, 0.4) is 0 Å². The summed E-state index contributed by atoms with van der Waals surface area (Å²) in [4.78, 5) is 8.84. The Morgan fingerprint density at radius 2 is 1.91 bits per heavy atom. The van der Waals surface area contributed by atoms with Crippen LogP contribution < -0.4 is 5.32 Å². The number of allylic oxidation sites excluding steroid dienone is 4. The first-order chi connectivity index (χ1) is 16.5. The molecule has 0 bridgehead atoms. The van der Waals surface area contributed by atoms with E-state index in [0.717, 1.165) is 40.3 Å². The van der Waals surface area contributed by atoms with Crippen LogP contribution in [0, 0.1) is 0 Å². The lowest BCUT2D eigenvalue weighted by atomic mass is 10.1. The van der Waals surface area contributed by atoms with Crippen molar-refractivity contribution in [2.75, 3.05) is 6.26 Å². The van der Waals surface area contributed by atoms with Crippen LogP contribution >= 0.6 is 0 Å². The van der Waals surface area contributed by atoms with Crippen molar-refractivity contribution in [3.05, 3.63) is 82.3 Å². The van der Waals surface area contributed by atoms with Crippen molar-refractivity contribution in [2.24, 2.45) is 7.05 Å². The van der Waals surface area contributed by atoms with Crippen LogP contribution in [-0.4, -0.2) is 34.9 Å². The minimum atomic E-state index is -1.03. The SMILES string of the molecule is C\C=C/C(=C\C=C\c1ccc(-n2c(O)c(-c3nc4cc5c(cc4[nH]3)CNC5)n2C)cc1)S(C)=O. The van der Waals surface area contributed by atoms with E-state index in [0.29, 0.717) is 11.5 Å². The highest BCUT2D eigenvalue weighted by molar-refractivity contribution is 7.88. The molecule has 0 amide bonds. The number of rotatable bonds is 6. The topological polar surface area (TPSA) is 87.9 Å². The lowest BCUT2D eigenvalue weighted by Crippen LogP contribution is -2.20. The Bertz CT molecular complexity index is 1420. The molecule has 0 saturated carbocycles. The predicted molar refractivity (Wildman–Crippen MR) is 138 cm³/mol. The van der Waals surface area contributed by atoms with Crippen LogP contribution in [0.25, 0.3) is 34.3 Å². The lowest BCUT2D eigenvalue weighted by Gasteiger charge is -2.25. The second-order valence-electron chi connectivity index (χ2n) is 8.31. The van der Waals surface area contributed by atoms with Gasteiger partial charge in [-0.15, -0.1) is 0 Å². The summed E-state index contributed by atoms with van der Waals surface area (Å²) in [6, 6.07) is 12.1. The van der Waals surface area contributed by atoms with E-state index in [4.69, 9.17) is 4.98 Å². The summed E-state index contributed by atoms with van der Waals surface area (Å²) < 4.78 is 15.4. The van der Waals surface area contributed by atoms with Crippen LogP contribution in [0.15, 0.2) is 65.6 Å². The first-order valence-corrected chi connectivity index (χ1v) is 12.7. The first kappa shape index (κ1) is 22.2. The van der Waals surface area contributed by atoms with E-state index in [1.54, 1.807) is 10.9 Å². The van der Waals surface area contributed by atoms with Crippen molar-refractivity contribution in [3.63, 3.8) is 0 Å². The molecule has 2 aromatic heterocycles. The van der Waals surface area contributed by atoms with Crippen molar-refractivity contribution in [1.82, 2.24) is 24.6 Å². The zero-order valence-corrected chi connectivity index (χ0v) is 20.2. The molecular formula is C26H27N5O2S. The quantitative estimate of drug-likeness (QED) is 0.359. The van der Waals surface area contributed by atoms with Gasteiger partial charge in [-0.2, -0.15) is 0 Å². The second-order valence-corrected chi connectivity index (χ2v) is 9.69. The molecule has 5 rings (SSSR count). The number of hydrogen-bond acceptors (Lipinski definition) is 4. The number of fused-ring (bicyclic) bond motifs is 2. The van der Waals surface area contributed by atoms with Gasteiger partial charge in [-0.05, 0) is 54.0 Å². The van der Waals surface area contributed by atoms with Gasteiger partial charge in [0.15, 0.2) is 11.5 Å². The smallest absolute Gasteiger partial charge is 0.241 e. The van der Waals surface area contributed by atoms with Crippen molar-refractivity contribution in [2.45, 2.75) is 20.0 Å². The Hall–Kier alpha value is -3.62. The molecule has 0 spiro atoms.